The first kappa shape index (κ1) is 22.3. The lowest BCUT2D eigenvalue weighted by atomic mass is 10.2. The zero-order chi connectivity index (χ0) is 23.5. The molecule has 0 aliphatic heterocycles. The number of anilines is 1. The van der Waals surface area contributed by atoms with Crippen LogP contribution in [0.2, 0.25) is 0 Å². The summed E-state index contributed by atoms with van der Waals surface area (Å²) in [6.45, 7) is 4.39. The number of oxazole rings is 1. The summed E-state index contributed by atoms with van der Waals surface area (Å²) in [6, 6.07) is 8.67. The van der Waals surface area contributed by atoms with Crippen molar-refractivity contribution in [2.24, 2.45) is 0 Å². The molecule has 1 amide bonds. The highest BCUT2D eigenvalue weighted by Crippen LogP contribution is 2.30. The first-order valence-electron chi connectivity index (χ1n) is 10.7. The summed E-state index contributed by atoms with van der Waals surface area (Å²) in [4.78, 5) is 34.1. The second-order valence-corrected chi connectivity index (χ2v) is 8.01. The molecule has 172 valence electrons. The number of rotatable bonds is 8. The number of carbonyl (C=O) groups excluding carboxylic acids is 1. The zero-order valence-electron chi connectivity index (χ0n) is 19.0. The van der Waals surface area contributed by atoms with Crippen molar-refractivity contribution in [1.29, 1.82) is 0 Å². The maximum Gasteiger partial charge on any atom is 0.261 e. The number of fused-ring (bicyclic) bond motifs is 2. The van der Waals surface area contributed by atoms with Gasteiger partial charge in [0.1, 0.15) is 5.52 Å². The molecule has 0 spiro atoms. The van der Waals surface area contributed by atoms with Crippen molar-refractivity contribution < 1.29 is 18.7 Å². The Morgan fingerprint density at radius 2 is 1.88 bits per heavy atom. The van der Waals surface area contributed by atoms with Gasteiger partial charge in [0.2, 0.25) is 5.91 Å². The SMILES string of the molecule is COc1cc2ncn(CCCC(=O)Nc3ccc4oc(C(C)C)nc4c3)c(=O)c2cc1OC. The molecule has 2 aromatic heterocycles. The van der Waals surface area contributed by atoms with Crippen LogP contribution in [-0.2, 0) is 11.3 Å². The van der Waals surface area contributed by atoms with Gasteiger partial charge in [-0.25, -0.2) is 9.97 Å². The van der Waals surface area contributed by atoms with E-state index in [1.807, 2.05) is 13.8 Å². The first-order chi connectivity index (χ1) is 15.9. The number of nitrogens with zero attached hydrogens (tertiary/aromatic N) is 3. The number of methoxy groups -OCH3 is 2. The van der Waals surface area contributed by atoms with E-state index in [-0.39, 0.29) is 23.8 Å². The van der Waals surface area contributed by atoms with Crippen LogP contribution in [0.4, 0.5) is 5.69 Å². The monoisotopic (exact) mass is 450 g/mol. The van der Waals surface area contributed by atoms with Crippen molar-refractivity contribution in [3.05, 3.63) is 52.9 Å². The van der Waals surface area contributed by atoms with Crippen LogP contribution in [-0.4, -0.2) is 34.7 Å². The van der Waals surface area contributed by atoms with Crippen molar-refractivity contribution in [3.63, 3.8) is 0 Å². The Morgan fingerprint density at radius 3 is 2.61 bits per heavy atom. The van der Waals surface area contributed by atoms with Gasteiger partial charge in [-0.2, -0.15) is 0 Å². The second-order valence-electron chi connectivity index (χ2n) is 8.01. The average Bonchev–Trinajstić information content (AvgIpc) is 3.23. The molecule has 1 N–H and O–H groups in total. The Labute approximate surface area is 190 Å². The lowest BCUT2D eigenvalue weighted by molar-refractivity contribution is -0.116. The summed E-state index contributed by atoms with van der Waals surface area (Å²) in [5.41, 5.74) is 2.38. The molecule has 0 aliphatic carbocycles. The fourth-order valence-electron chi connectivity index (χ4n) is 3.55. The Hall–Kier alpha value is -3.88. The molecule has 0 atom stereocenters. The number of nitrogens with one attached hydrogen (secondary N) is 1. The highest BCUT2D eigenvalue weighted by Gasteiger charge is 2.13. The molecule has 0 unspecified atom stereocenters. The highest BCUT2D eigenvalue weighted by molar-refractivity contribution is 5.92. The Morgan fingerprint density at radius 1 is 1.12 bits per heavy atom. The standard InChI is InChI=1S/C24H26N4O5/c1-14(2)23-27-18-10-15(7-8-19(18)33-23)26-22(29)6-5-9-28-13-25-17-12-21(32-4)20(31-3)11-16(17)24(28)30/h7-8,10-14H,5-6,9H2,1-4H3,(H,26,29). The largest absolute Gasteiger partial charge is 0.493 e. The van der Waals surface area contributed by atoms with E-state index in [2.05, 4.69) is 15.3 Å². The maximum absolute atomic E-state index is 12.8. The minimum absolute atomic E-state index is 0.143. The summed E-state index contributed by atoms with van der Waals surface area (Å²) in [6.07, 6.45) is 2.22. The van der Waals surface area contributed by atoms with Crippen LogP contribution in [0.1, 0.15) is 38.5 Å². The van der Waals surface area contributed by atoms with Gasteiger partial charge in [0.05, 0.1) is 31.4 Å². The number of aryl methyl sites for hydroxylation is 1. The van der Waals surface area contributed by atoms with Gasteiger partial charge in [0.25, 0.3) is 5.56 Å². The van der Waals surface area contributed by atoms with Crippen LogP contribution in [0.15, 0.2) is 45.9 Å². The van der Waals surface area contributed by atoms with Crippen molar-refractivity contribution in [3.8, 4) is 11.5 Å². The van der Waals surface area contributed by atoms with Crippen LogP contribution < -0.4 is 20.3 Å². The topological polar surface area (TPSA) is 108 Å². The summed E-state index contributed by atoms with van der Waals surface area (Å²) < 4.78 is 17.7. The van der Waals surface area contributed by atoms with Gasteiger partial charge in [0.15, 0.2) is 23.0 Å². The molecule has 0 aliphatic rings. The van der Waals surface area contributed by atoms with E-state index >= 15 is 0 Å². The predicted molar refractivity (Wildman–Crippen MR) is 125 cm³/mol. The minimum atomic E-state index is -0.196. The number of ether oxygens (including phenoxy) is 2. The molecule has 0 bridgehead atoms. The molecular weight excluding hydrogens is 424 g/mol. The summed E-state index contributed by atoms with van der Waals surface area (Å²) >= 11 is 0. The third kappa shape index (κ3) is 4.67. The smallest absolute Gasteiger partial charge is 0.261 e. The second kappa shape index (κ2) is 9.32. The van der Waals surface area contributed by atoms with E-state index in [1.54, 1.807) is 30.3 Å². The molecule has 4 rings (SSSR count). The lowest BCUT2D eigenvalue weighted by Crippen LogP contribution is -2.22. The van der Waals surface area contributed by atoms with Crippen molar-refractivity contribution in [2.75, 3.05) is 19.5 Å². The molecular formula is C24H26N4O5. The fourth-order valence-corrected chi connectivity index (χ4v) is 3.55. The number of carbonyl (C=O) groups is 1. The molecule has 0 radical (unpaired) electrons. The van der Waals surface area contributed by atoms with E-state index in [0.29, 0.717) is 58.0 Å². The van der Waals surface area contributed by atoms with Crippen LogP contribution in [0.5, 0.6) is 11.5 Å². The van der Waals surface area contributed by atoms with Gasteiger partial charge in [-0.3, -0.25) is 14.2 Å². The van der Waals surface area contributed by atoms with Crippen molar-refractivity contribution >= 4 is 33.6 Å². The Bertz CT molecular complexity index is 1370. The first-order valence-corrected chi connectivity index (χ1v) is 10.7. The van der Waals surface area contributed by atoms with E-state index in [1.165, 1.54) is 25.1 Å². The van der Waals surface area contributed by atoms with Crippen LogP contribution in [0, 0.1) is 0 Å². The molecule has 9 nitrogen and oxygen atoms in total. The van der Waals surface area contributed by atoms with Crippen molar-refractivity contribution in [2.45, 2.75) is 39.2 Å². The summed E-state index contributed by atoms with van der Waals surface area (Å²) in [7, 11) is 3.05. The van der Waals surface area contributed by atoms with Gasteiger partial charge in [-0.15, -0.1) is 0 Å². The average molecular weight is 450 g/mol. The number of benzene rings is 2. The Balaban J connectivity index is 1.40. The molecule has 0 saturated carbocycles. The summed E-state index contributed by atoms with van der Waals surface area (Å²) in [5, 5.41) is 3.31. The number of hydrogen-bond donors (Lipinski definition) is 1. The van der Waals surface area contributed by atoms with Gasteiger partial charge in [0, 0.05) is 30.6 Å². The van der Waals surface area contributed by atoms with Crippen LogP contribution >= 0.6 is 0 Å². The fraction of sp³-hybridized carbons (Fsp3) is 0.333. The van der Waals surface area contributed by atoms with Gasteiger partial charge in [-0.05, 0) is 30.7 Å². The normalized spacial score (nSPS) is 11.3. The number of amides is 1. The Kier molecular flexibility index (Phi) is 6.30. The minimum Gasteiger partial charge on any atom is -0.493 e. The molecule has 0 fully saturated rings. The van der Waals surface area contributed by atoms with Gasteiger partial charge in [-0.1, -0.05) is 13.8 Å². The third-order valence-corrected chi connectivity index (χ3v) is 5.31. The molecule has 33 heavy (non-hydrogen) atoms. The third-order valence-electron chi connectivity index (χ3n) is 5.31. The van der Waals surface area contributed by atoms with E-state index in [4.69, 9.17) is 13.9 Å². The predicted octanol–water partition coefficient (Wildman–Crippen LogP) is 4.10. The van der Waals surface area contributed by atoms with E-state index < -0.39 is 0 Å². The van der Waals surface area contributed by atoms with E-state index in [9.17, 15) is 9.59 Å². The molecule has 2 heterocycles. The molecule has 0 saturated heterocycles. The zero-order valence-corrected chi connectivity index (χ0v) is 19.0. The van der Waals surface area contributed by atoms with Crippen LogP contribution in [0.3, 0.4) is 0 Å². The number of aromatic nitrogens is 3. The van der Waals surface area contributed by atoms with Crippen molar-refractivity contribution in [1.82, 2.24) is 14.5 Å². The lowest BCUT2D eigenvalue weighted by Gasteiger charge is -2.10. The molecule has 9 heteroatoms. The molecule has 4 aromatic rings. The van der Waals surface area contributed by atoms with Crippen LogP contribution in [0.25, 0.3) is 22.0 Å². The summed E-state index contributed by atoms with van der Waals surface area (Å²) in [5.74, 6) is 1.68. The van der Waals surface area contributed by atoms with Gasteiger partial charge < -0.3 is 19.2 Å². The maximum atomic E-state index is 12.8. The van der Waals surface area contributed by atoms with Gasteiger partial charge >= 0.3 is 0 Å². The number of hydrogen-bond acceptors (Lipinski definition) is 7. The molecule has 2 aromatic carbocycles. The highest BCUT2D eigenvalue weighted by atomic mass is 16.5. The van der Waals surface area contributed by atoms with E-state index in [0.717, 1.165) is 0 Å². The quantitative estimate of drug-likeness (QED) is 0.430.